The molecule has 1 aliphatic rings. The predicted octanol–water partition coefficient (Wildman–Crippen LogP) is 1.72. The van der Waals surface area contributed by atoms with Gasteiger partial charge in [-0.25, -0.2) is 4.98 Å². The lowest BCUT2D eigenvalue weighted by Gasteiger charge is -2.41. The van der Waals surface area contributed by atoms with Gasteiger partial charge in [-0.05, 0) is 25.0 Å². The quantitative estimate of drug-likeness (QED) is 0.911. The Morgan fingerprint density at radius 1 is 1.47 bits per heavy atom. The Morgan fingerprint density at radius 2 is 2.21 bits per heavy atom. The highest BCUT2D eigenvalue weighted by Gasteiger charge is 2.36. The Balaban J connectivity index is 2.10. The minimum Gasteiger partial charge on any atom is -0.480 e. The molecule has 1 atom stereocenters. The third kappa shape index (κ3) is 1.90. The second-order valence-electron chi connectivity index (χ2n) is 5.32. The van der Waals surface area contributed by atoms with E-state index in [4.69, 9.17) is 0 Å². The zero-order chi connectivity index (χ0) is 13.6. The first-order chi connectivity index (χ1) is 9.08. The van der Waals surface area contributed by atoms with Gasteiger partial charge in [0.2, 0.25) is 0 Å². The number of aliphatic carboxylic acids is 1. The predicted molar refractivity (Wildman–Crippen MR) is 71.0 cm³/mol. The summed E-state index contributed by atoms with van der Waals surface area (Å²) in [5.74, 6) is 0.600. The zero-order valence-corrected chi connectivity index (χ0v) is 11.1. The number of imidazole rings is 1. The van der Waals surface area contributed by atoms with E-state index in [9.17, 15) is 9.90 Å². The largest absolute Gasteiger partial charge is 0.480 e. The van der Waals surface area contributed by atoms with Crippen LogP contribution in [0.2, 0.25) is 0 Å². The van der Waals surface area contributed by atoms with Gasteiger partial charge in [-0.3, -0.25) is 14.1 Å². The van der Waals surface area contributed by atoms with E-state index in [-0.39, 0.29) is 0 Å². The van der Waals surface area contributed by atoms with E-state index in [1.54, 1.807) is 6.20 Å². The normalized spacial score (nSPS) is 18.4. The number of aromatic nitrogens is 2. The molecule has 1 aliphatic heterocycles. The van der Waals surface area contributed by atoms with Crippen molar-refractivity contribution < 1.29 is 9.90 Å². The molecule has 2 aromatic rings. The highest BCUT2D eigenvalue weighted by Crippen LogP contribution is 2.29. The number of aryl methyl sites for hydroxylation is 1. The van der Waals surface area contributed by atoms with Gasteiger partial charge >= 0.3 is 5.97 Å². The number of carboxylic acid groups (broad SMARTS) is 1. The Kier molecular flexibility index (Phi) is 2.78. The van der Waals surface area contributed by atoms with Gasteiger partial charge in [0.05, 0.1) is 17.4 Å². The number of pyridine rings is 1. The molecule has 0 spiro atoms. The standard InChI is InChI=1S/C14H17N3O2/c1-9-7-16(8-9)13(14(18)19)12-5-3-4-11-6-15-10(2)17(11)12/h3-6,9,13H,7-8H2,1-2H3,(H,18,19). The van der Waals surface area contributed by atoms with Gasteiger partial charge in [0.1, 0.15) is 11.9 Å². The fourth-order valence-electron chi connectivity index (χ4n) is 2.88. The molecule has 3 rings (SSSR count). The van der Waals surface area contributed by atoms with Crippen LogP contribution in [0.1, 0.15) is 24.5 Å². The lowest BCUT2D eigenvalue weighted by atomic mass is 9.98. The van der Waals surface area contributed by atoms with Crippen molar-refractivity contribution >= 4 is 11.5 Å². The maximum absolute atomic E-state index is 11.6. The third-order valence-corrected chi connectivity index (χ3v) is 3.73. The molecule has 1 saturated heterocycles. The zero-order valence-electron chi connectivity index (χ0n) is 11.1. The number of hydrogen-bond acceptors (Lipinski definition) is 3. The summed E-state index contributed by atoms with van der Waals surface area (Å²) in [6.45, 7) is 5.70. The summed E-state index contributed by atoms with van der Waals surface area (Å²) in [6, 6.07) is 5.13. The van der Waals surface area contributed by atoms with Crippen LogP contribution in [0.25, 0.3) is 5.52 Å². The van der Waals surface area contributed by atoms with Crippen LogP contribution in [-0.2, 0) is 4.79 Å². The summed E-state index contributed by atoms with van der Waals surface area (Å²) in [5.41, 5.74) is 1.72. The van der Waals surface area contributed by atoms with Crippen molar-refractivity contribution in [2.45, 2.75) is 19.9 Å². The van der Waals surface area contributed by atoms with E-state index in [1.165, 1.54) is 0 Å². The Labute approximate surface area is 111 Å². The minimum absolute atomic E-state index is 0.574. The first-order valence-corrected chi connectivity index (χ1v) is 6.47. The molecule has 0 saturated carbocycles. The fourth-order valence-corrected chi connectivity index (χ4v) is 2.88. The van der Waals surface area contributed by atoms with E-state index in [0.29, 0.717) is 5.92 Å². The molecule has 0 radical (unpaired) electrons. The lowest BCUT2D eigenvalue weighted by Crippen LogP contribution is -2.49. The summed E-state index contributed by atoms with van der Waals surface area (Å²) in [4.78, 5) is 17.9. The number of fused-ring (bicyclic) bond motifs is 1. The van der Waals surface area contributed by atoms with Crippen LogP contribution < -0.4 is 0 Å². The molecular weight excluding hydrogens is 242 g/mol. The summed E-state index contributed by atoms with van der Waals surface area (Å²) in [6.07, 6.45) is 1.77. The maximum Gasteiger partial charge on any atom is 0.327 e. The average Bonchev–Trinajstić information content (AvgIpc) is 2.70. The van der Waals surface area contributed by atoms with Crippen molar-refractivity contribution in [1.29, 1.82) is 0 Å². The molecule has 0 aromatic carbocycles. The van der Waals surface area contributed by atoms with E-state index < -0.39 is 12.0 Å². The van der Waals surface area contributed by atoms with Gasteiger partial charge in [0, 0.05) is 13.1 Å². The molecule has 0 amide bonds. The molecule has 1 N–H and O–H groups in total. The van der Waals surface area contributed by atoms with Crippen LogP contribution in [0, 0.1) is 12.8 Å². The number of likely N-dealkylation sites (tertiary alicyclic amines) is 1. The van der Waals surface area contributed by atoms with E-state index in [0.717, 1.165) is 30.1 Å². The third-order valence-electron chi connectivity index (χ3n) is 3.73. The van der Waals surface area contributed by atoms with Crippen LogP contribution in [0.5, 0.6) is 0 Å². The SMILES string of the molecule is Cc1ncc2cccc(C(C(=O)O)N3CC(C)C3)n12. The lowest BCUT2D eigenvalue weighted by molar-refractivity contribution is -0.146. The molecule has 1 fully saturated rings. The molecule has 3 heterocycles. The molecule has 5 nitrogen and oxygen atoms in total. The van der Waals surface area contributed by atoms with Crippen molar-refractivity contribution in [3.8, 4) is 0 Å². The van der Waals surface area contributed by atoms with Crippen molar-refractivity contribution in [3.05, 3.63) is 35.9 Å². The second-order valence-corrected chi connectivity index (χ2v) is 5.32. The first kappa shape index (κ1) is 12.2. The number of carbonyl (C=O) groups is 1. The fraction of sp³-hybridized carbons (Fsp3) is 0.429. The van der Waals surface area contributed by atoms with E-state index in [1.807, 2.05) is 34.4 Å². The molecule has 100 valence electrons. The number of carboxylic acids is 1. The van der Waals surface area contributed by atoms with Gasteiger partial charge in [-0.15, -0.1) is 0 Å². The first-order valence-electron chi connectivity index (χ1n) is 6.47. The minimum atomic E-state index is -0.799. The highest BCUT2D eigenvalue weighted by atomic mass is 16.4. The topological polar surface area (TPSA) is 57.8 Å². The van der Waals surface area contributed by atoms with Crippen molar-refractivity contribution in [2.24, 2.45) is 5.92 Å². The van der Waals surface area contributed by atoms with E-state index >= 15 is 0 Å². The maximum atomic E-state index is 11.6. The molecule has 2 aromatic heterocycles. The molecule has 19 heavy (non-hydrogen) atoms. The molecule has 1 unspecified atom stereocenters. The summed E-state index contributed by atoms with van der Waals surface area (Å²) in [5, 5.41) is 9.56. The Morgan fingerprint density at radius 3 is 2.84 bits per heavy atom. The van der Waals surface area contributed by atoms with Gasteiger partial charge in [-0.1, -0.05) is 13.0 Å². The van der Waals surface area contributed by atoms with Gasteiger partial charge in [0.25, 0.3) is 0 Å². The summed E-state index contributed by atoms with van der Waals surface area (Å²) in [7, 11) is 0. The van der Waals surface area contributed by atoms with Crippen LogP contribution in [0.4, 0.5) is 0 Å². The van der Waals surface area contributed by atoms with Crippen molar-refractivity contribution in [1.82, 2.24) is 14.3 Å². The molecule has 0 aliphatic carbocycles. The molecule has 0 bridgehead atoms. The number of nitrogens with zero attached hydrogens (tertiary/aromatic N) is 3. The van der Waals surface area contributed by atoms with Crippen LogP contribution >= 0.6 is 0 Å². The summed E-state index contributed by atoms with van der Waals surface area (Å²) < 4.78 is 1.93. The van der Waals surface area contributed by atoms with E-state index in [2.05, 4.69) is 11.9 Å². The van der Waals surface area contributed by atoms with Crippen LogP contribution in [0.3, 0.4) is 0 Å². The van der Waals surface area contributed by atoms with Crippen LogP contribution in [-0.4, -0.2) is 38.4 Å². The van der Waals surface area contributed by atoms with Gasteiger partial charge in [0.15, 0.2) is 0 Å². The Bertz CT molecular complexity index is 629. The Hall–Kier alpha value is -1.88. The monoisotopic (exact) mass is 259 g/mol. The van der Waals surface area contributed by atoms with Crippen molar-refractivity contribution in [2.75, 3.05) is 13.1 Å². The average molecular weight is 259 g/mol. The smallest absolute Gasteiger partial charge is 0.327 e. The second kappa shape index (κ2) is 4.35. The number of hydrogen-bond donors (Lipinski definition) is 1. The van der Waals surface area contributed by atoms with Crippen molar-refractivity contribution in [3.63, 3.8) is 0 Å². The molecule has 5 heteroatoms. The summed E-state index contributed by atoms with van der Waals surface area (Å²) >= 11 is 0. The van der Waals surface area contributed by atoms with Gasteiger partial charge in [-0.2, -0.15) is 0 Å². The highest BCUT2D eigenvalue weighted by molar-refractivity contribution is 5.75. The van der Waals surface area contributed by atoms with Gasteiger partial charge < -0.3 is 5.11 Å². The van der Waals surface area contributed by atoms with Crippen LogP contribution in [0.15, 0.2) is 24.4 Å². The number of rotatable bonds is 3. The molecular formula is C14H17N3O2.